The highest BCUT2D eigenvalue weighted by Gasteiger charge is 2.38. The molecule has 14 nitrogen and oxygen atoms in total. The number of imide groups is 1. The molecule has 0 bridgehead atoms. The van der Waals surface area contributed by atoms with Crippen LogP contribution in [0.15, 0.2) is 71.5 Å². The summed E-state index contributed by atoms with van der Waals surface area (Å²) in [5.74, 6) is -2.89. The Bertz CT molecular complexity index is 2490. The number of aromatic nitrogens is 2. The van der Waals surface area contributed by atoms with Crippen LogP contribution in [0.25, 0.3) is 32.9 Å². The number of hydrogen-bond acceptors (Lipinski definition) is 9. The Kier molecular flexibility index (Phi) is 8.88. The molecule has 1 atom stereocenters. The van der Waals surface area contributed by atoms with Gasteiger partial charge in [0.05, 0.1) is 17.6 Å². The van der Waals surface area contributed by atoms with E-state index < -0.39 is 51.9 Å². The molecule has 0 radical (unpaired) electrons. The number of fused-ring (bicyclic) bond motifs is 2. The lowest BCUT2D eigenvalue weighted by atomic mass is 9.89. The Balaban J connectivity index is 0.979. The van der Waals surface area contributed by atoms with Crippen molar-refractivity contribution in [1.82, 2.24) is 19.2 Å². The average Bonchev–Trinajstić information content (AvgIpc) is 3.52. The number of amides is 3. The number of aromatic hydroxyl groups is 1. The number of phenols is 1. The van der Waals surface area contributed by atoms with Gasteiger partial charge in [-0.15, -0.1) is 0 Å². The van der Waals surface area contributed by atoms with Gasteiger partial charge in [0.15, 0.2) is 5.82 Å². The maximum absolute atomic E-state index is 15.6. The van der Waals surface area contributed by atoms with Crippen molar-refractivity contribution >= 4 is 61.1 Å². The molecule has 2 fully saturated rings. The first-order chi connectivity index (χ1) is 25.1. The first-order valence-corrected chi connectivity index (χ1v) is 18.4. The quantitative estimate of drug-likeness (QED) is 0.153. The Morgan fingerprint density at radius 3 is 2.40 bits per heavy atom. The molecular weight excluding hydrogens is 708 g/mol. The van der Waals surface area contributed by atoms with E-state index in [4.69, 9.17) is 4.74 Å². The van der Waals surface area contributed by atoms with Crippen molar-refractivity contribution in [3.63, 3.8) is 0 Å². The minimum Gasteiger partial charge on any atom is -0.506 e. The highest BCUT2D eigenvalue weighted by molar-refractivity contribution is 7.92. The standard InChI is InChI=1S/C37H37FN6O8S/c1-37(2,14-15-52-25-10-6-23-17-30(45)34(33(38)26(23)18-25)43-19-32(47)41-53(43,50)51)20-39-24-8-4-21(5-9-24)22-7-11-27-29(16-22)42(3)36(49)44(27)28-12-13-31(46)40-35(28)48/h4-11,16-18,28,39,45H,12-15,19-20H2,1-3H3,(H,41,47)(H,40,46,48). The SMILES string of the molecule is Cn1c(=O)n(C2CCC(=O)NC2=O)c2ccc(-c3ccc(NCC(C)(C)CCOc4ccc5cc(O)c(N6CC(=O)NS6(=O)=O)c(F)c5c4)cc3)cc21. The van der Waals surface area contributed by atoms with Crippen LogP contribution < -0.4 is 30.1 Å². The van der Waals surface area contributed by atoms with E-state index in [0.29, 0.717) is 46.0 Å². The van der Waals surface area contributed by atoms with E-state index in [0.717, 1.165) is 16.8 Å². The lowest BCUT2D eigenvalue weighted by Gasteiger charge is -2.25. The fourth-order valence-electron chi connectivity index (χ4n) is 6.71. The second kappa shape index (κ2) is 13.3. The second-order valence-electron chi connectivity index (χ2n) is 14.1. The molecule has 1 unspecified atom stereocenters. The maximum Gasteiger partial charge on any atom is 0.329 e. The van der Waals surface area contributed by atoms with Crippen LogP contribution in [-0.4, -0.2) is 60.1 Å². The van der Waals surface area contributed by atoms with Gasteiger partial charge in [-0.1, -0.05) is 38.1 Å². The molecule has 0 saturated carbocycles. The highest BCUT2D eigenvalue weighted by Crippen LogP contribution is 2.39. The second-order valence-corrected chi connectivity index (χ2v) is 15.6. The Hall–Kier alpha value is -5.90. The minimum absolute atomic E-state index is 0.0313. The summed E-state index contributed by atoms with van der Waals surface area (Å²) in [5, 5.41) is 16.6. The van der Waals surface area contributed by atoms with Crippen LogP contribution in [0.2, 0.25) is 0 Å². The van der Waals surface area contributed by atoms with E-state index in [2.05, 4.69) is 24.5 Å². The van der Waals surface area contributed by atoms with E-state index in [1.165, 1.54) is 21.3 Å². The number of aryl methyl sites for hydroxylation is 1. The molecule has 2 aliphatic rings. The normalized spacial score (nSPS) is 17.3. The molecule has 4 N–H and O–H groups in total. The zero-order valence-electron chi connectivity index (χ0n) is 29.1. The first kappa shape index (κ1) is 35.5. The predicted molar refractivity (Wildman–Crippen MR) is 196 cm³/mol. The van der Waals surface area contributed by atoms with Gasteiger partial charge in [-0.2, -0.15) is 8.42 Å². The van der Waals surface area contributed by atoms with Crippen LogP contribution in [0.5, 0.6) is 11.5 Å². The monoisotopic (exact) mass is 744 g/mol. The number of carbonyl (C=O) groups excluding carboxylic acids is 3. The largest absolute Gasteiger partial charge is 0.506 e. The van der Waals surface area contributed by atoms with Crippen LogP contribution in [0.1, 0.15) is 39.2 Å². The summed E-state index contributed by atoms with van der Waals surface area (Å²) < 4.78 is 51.4. The molecule has 3 heterocycles. The Morgan fingerprint density at radius 1 is 0.962 bits per heavy atom. The predicted octanol–water partition coefficient (Wildman–Crippen LogP) is 4.07. The number of phenolic OH excluding ortho intramolecular Hbond substituents is 1. The number of anilines is 2. The van der Waals surface area contributed by atoms with Gasteiger partial charge in [-0.3, -0.25) is 28.8 Å². The van der Waals surface area contributed by atoms with Gasteiger partial charge in [0.1, 0.15) is 29.8 Å². The van der Waals surface area contributed by atoms with E-state index in [1.807, 2.05) is 42.5 Å². The van der Waals surface area contributed by atoms with Gasteiger partial charge in [-0.05, 0) is 77.2 Å². The fourth-order valence-corrected chi connectivity index (χ4v) is 7.87. The van der Waals surface area contributed by atoms with Crippen LogP contribution in [-0.2, 0) is 31.6 Å². The number of carbonyl (C=O) groups is 3. The average molecular weight is 745 g/mol. The highest BCUT2D eigenvalue weighted by atomic mass is 32.2. The van der Waals surface area contributed by atoms with Gasteiger partial charge in [0, 0.05) is 31.1 Å². The summed E-state index contributed by atoms with van der Waals surface area (Å²) in [5.41, 5.74) is 2.89. The molecule has 7 rings (SSSR count). The zero-order valence-corrected chi connectivity index (χ0v) is 29.9. The van der Waals surface area contributed by atoms with E-state index >= 15 is 4.39 Å². The lowest BCUT2D eigenvalue weighted by molar-refractivity contribution is -0.135. The Morgan fingerprint density at radius 2 is 1.70 bits per heavy atom. The number of imidazole rings is 1. The third-order valence-corrected chi connectivity index (χ3v) is 11.1. The third-order valence-electron chi connectivity index (χ3n) is 9.72. The molecule has 3 amide bonds. The number of nitrogens with zero attached hydrogens (tertiary/aromatic N) is 3. The molecule has 2 saturated heterocycles. The smallest absolute Gasteiger partial charge is 0.329 e. The lowest BCUT2D eigenvalue weighted by Crippen LogP contribution is -2.44. The number of ether oxygens (including phenoxy) is 1. The third kappa shape index (κ3) is 6.77. The van der Waals surface area contributed by atoms with E-state index in [-0.39, 0.29) is 35.2 Å². The molecule has 0 aliphatic carbocycles. The Labute approximate surface area is 303 Å². The van der Waals surface area contributed by atoms with Crippen molar-refractivity contribution in [2.45, 2.75) is 39.2 Å². The van der Waals surface area contributed by atoms with Crippen molar-refractivity contribution < 1.29 is 37.0 Å². The van der Waals surface area contributed by atoms with Crippen molar-refractivity contribution in [1.29, 1.82) is 0 Å². The summed E-state index contributed by atoms with van der Waals surface area (Å²) in [6, 6.07) is 18.7. The van der Waals surface area contributed by atoms with Crippen LogP contribution in [0, 0.1) is 11.2 Å². The van der Waals surface area contributed by atoms with Crippen LogP contribution in [0.3, 0.4) is 0 Å². The number of piperidine rings is 1. The van der Waals surface area contributed by atoms with E-state index in [9.17, 15) is 32.7 Å². The van der Waals surface area contributed by atoms with Gasteiger partial charge in [0.2, 0.25) is 11.8 Å². The number of nitrogens with one attached hydrogen (secondary N) is 3. The molecular formula is C37H37FN6O8S. The molecule has 2 aliphatic heterocycles. The fraction of sp³-hybridized carbons (Fsp3) is 0.297. The van der Waals surface area contributed by atoms with Crippen LogP contribution in [0.4, 0.5) is 15.8 Å². The van der Waals surface area contributed by atoms with Crippen molar-refractivity contribution in [3.8, 4) is 22.6 Å². The summed E-state index contributed by atoms with van der Waals surface area (Å²) in [4.78, 5) is 49.0. The van der Waals surface area contributed by atoms with Crippen molar-refractivity contribution in [3.05, 3.63) is 83.0 Å². The molecule has 53 heavy (non-hydrogen) atoms. The summed E-state index contributed by atoms with van der Waals surface area (Å²) in [6.45, 7) is 4.44. The van der Waals surface area contributed by atoms with Crippen molar-refractivity contribution in [2.24, 2.45) is 12.5 Å². The van der Waals surface area contributed by atoms with Crippen molar-refractivity contribution in [2.75, 3.05) is 29.3 Å². The number of hydrogen-bond donors (Lipinski definition) is 4. The molecule has 4 aromatic carbocycles. The molecule has 16 heteroatoms. The van der Waals surface area contributed by atoms with Gasteiger partial charge in [-0.25, -0.2) is 18.2 Å². The zero-order chi connectivity index (χ0) is 37.8. The van der Waals surface area contributed by atoms with Gasteiger partial charge < -0.3 is 15.2 Å². The van der Waals surface area contributed by atoms with Crippen LogP contribution >= 0.6 is 0 Å². The summed E-state index contributed by atoms with van der Waals surface area (Å²) >= 11 is 0. The molecule has 5 aromatic rings. The number of benzene rings is 4. The minimum atomic E-state index is -4.33. The molecule has 0 spiro atoms. The maximum atomic E-state index is 15.6. The first-order valence-electron chi connectivity index (χ1n) is 16.9. The topological polar surface area (TPSA) is 181 Å². The summed E-state index contributed by atoms with van der Waals surface area (Å²) in [6.07, 6.45) is 1.08. The van der Waals surface area contributed by atoms with Gasteiger partial charge >= 0.3 is 15.9 Å². The summed E-state index contributed by atoms with van der Waals surface area (Å²) in [7, 11) is -2.67. The van der Waals surface area contributed by atoms with E-state index in [1.54, 1.807) is 23.9 Å². The number of halogens is 1. The molecule has 276 valence electrons. The van der Waals surface area contributed by atoms with Gasteiger partial charge in [0.25, 0.3) is 5.91 Å². The molecule has 1 aromatic heterocycles. The number of rotatable bonds is 10.